The van der Waals surface area contributed by atoms with Crippen LogP contribution in [-0.4, -0.2) is 0 Å². The summed E-state index contributed by atoms with van der Waals surface area (Å²) in [5, 5.41) is 4.58. The largest absolute Gasteiger partial charge is 0.456 e. The first-order chi connectivity index (χ1) is 32.7. The molecule has 12 rings (SSSR count). The van der Waals surface area contributed by atoms with Gasteiger partial charge in [0.1, 0.15) is 11.2 Å². The fourth-order valence-corrected chi connectivity index (χ4v) is 9.63. The van der Waals surface area contributed by atoms with Gasteiger partial charge in [-0.1, -0.05) is 206 Å². The summed E-state index contributed by atoms with van der Waals surface area (Å²) in [5.41, 5.74) is 19.1. The van der Waals surface area contributed by atoms with Gasteiger partial charge in [0.25, 0.3) is 0 Å². The zero-order valence-electron chi connectivity index (χ0n) is 36.2. The molecule has 2 nitrogen and oxygen atoms in total. The van der Waals surface area contributed by atoms with Crippen LogP contribution in [0.1, 0.15) is 0 Å². The van der Waals surface area contributed by atoms with Gasteiger partial charge in [0.15, 0.2) is 0 Å². The molecule has 0 bridgehead atoms. The van der Waals surface area contributed by atoms with Crippen LogP contribution in [0.15, 0.2) is 265 Å². The van der Waals surface area contributed by atoms with Gasteiger partial charge in [0.2, 0.25) is 0 Å². The molecule has 11 aromatic carbocycles. The molecule has 2 heteroatoms. The van der Waals surface area contributed by atoms with Crippen molar-refractivity contribution in [2.24, 2.45) is 0 Å². The molecule has 310 valence electrons. The molecule has 0 fully saturated rings. The average Bonchev–Trinajstić information content (AvgIpc) is 3.78. The summed E-state index contributed by atoms with van der Waals surface area (Å²) < 4.78 is 6.69. The minimum Gasteiger partial charge on any atom is -0.456 e. The Hall–Kier alpha value is -8.72. The second-order valence-corrected chi connectivity index (χ2v) is 16.9. The lowest BCUT2D eigenvalue weighted by molar-refractivity contribution is 0.669. The van der Waals surface area contributed by atoms with E-state index >= 15 is 0 Å². The maximum Gasteiger partial charge on any atom is 0.137 e. The molecule has 66 heavy (non-hydrogen) atoms. The van der Waals surface area contributed by atoms with Crippen molar-refractivity contribution < 1.29 is 4.42 Å². The van der Waals surface area contributed by atoms with E-state index in [1.807, 2.05) is 0 Å². The third-order valence-electron chi connectivity index (χ3n) is 12.9. The molecule has 0 aliphatic rings. The predicted molar refractivity (Wildman–Crippen MR) is 279 cm³/mol. The number of furan rings is 1. The van der Waals surface area contributed by atoms with Gasteiger partial charge in [-0.15, -0.1) is 0 Å². The van der Waals surface area contributed by atoms with Gasteiger partial charge in [-0.25, -0.2) is 0 Å². The Kier molecular flexibility index (Phi) is 9.89. The van der Waals surface area contributed by atoms with Crippen molar-refractivity contribution in [2.45, 2.75) is 0 Å². The molecule has 0 spiro atoms. The number of rotatable bonds is 9. The van der Waals surface area contributed by atoms with Gasteiger partial charge < -0.3 is 9.32 Å². The molecule has 1 heterocycles. The molecular formula is C64H43NO. The van der Waals surface area contributed by atoms with Crippen LogP contribution in [0.3, 0.4) is 0 Å². The molecule has 0 radical (unpaired) electrons. The van der Waals surface area contributed by atoms with Crippen molar-refractivity contribution in [3.8, 4) is 66.8 Å². The van der Waals surface area contributed by atoms with Crippen LogP contribution in [-0.2, 0) is 0 Å². The van der Waals surface area contributed by atoms with Crippen molar-refractivity contribution in [1.82, 2.24) is 0 Å². The number of anilines is 3. The van der Waals surface area contributed by atoms with E-state index in [4.69, 9.17) is 4.42 Å². The second kappa shape index (κ2) is 16.8. The van der Waals surface area contributed by atoms with Crippen LogP contribution in [0.5, 0.6) is 0 Å². The Balaban J connectivity index is 0.970. The van der Waals surface area contributed by atoms with Crippen molar-refractivity contribution in [3.05, 3.63) is 261 Å². The summed E-state index contributed by atoms with van der Waals surface area (Å²) in [6, 6.07) is 93.7. The number of benzene rings is 11. The maximum atomic E-state index is 6.69. The number of hydrogen-bond acceptors (Lipinski definition) is 2. The van der Waals surface area contributed by atoms with Crippen molar-refractivity contribution in [1.29, 1.82) is 0 Å². The van der Waals surface area contributed by atoms with Gasteiger partial charge in [0.05, 0.1) is 11.1 Å². The lowest BCUT2D eigenvalue weighted by Gasteiger charge is -2.27. The fourth-order valence-electron chi connectivity index (χ4n) is 9.63. The van der Waals surface area contributed by atoms with Crippen LogP contribution >= 0.6 is 0 Å². The smallest absolute Gasteiger partial charge is 0.137 e. The topological polar surface area (TPSA) is 16.4 Å². The van der Waals surface area contributed by atoms with E-state index < -0.39 is 0 Å². The molecule has 12 aromatic rings. The molecule has 0 saturated carbocycles. The standard InChI is InChI=1S/C64H43NO/c1-4-15-44(16-5-1)51-34-33-49-21-13-26-58(60(49)42-51)53-22-12-23-55(41-53)65(61-27-14-28-62-64(61)59-40-37-52(43-63(59)66-62)45-17-6-2-7-18-45)54-38-35-47(36-39-54)46-29-31-50(32-30-46)57-25-11-10-24-56(57)48-19-8-3-9-20-48/h1-43H. The molecule has 0 amide bonds. The third kappa shape index (κ3) is 7.21. The van der Waals surface area contributed by atoms with Crippen LogP contribution in [0, 0.1) is 0 Å². The Morgan fingerprint density at radius 2 is 0.758 bits per heavy atom. The van der Waals surface area contributed by atoms with Crippen LogP contribution in [0.25, 0.3) is 99.5 Å². The van der Waals surface area contributed by atoms with Crippen LogP contribution < -0.4 is 4.90 Å². The van der Waals surface area contributed by atoms with Crippen LogP contribution in [0.4, 0.5) is 17.1 Å². The van der Waals surface area contributed by atoms with Crippen molar-refractivity contribution in [2.75, 3.05) is 4.90 Å². The summed E-state index contributed by atoms with van der Waals surface area (Å²) in [7, 11) is 0. The summed E-state index contributed by atoms with van der Waals surface area (Å²) in [4.78, 5) is 2.39. The molecule has 0 N–H and O–H groups in total. The number of hydrogen-bond donors (Lipinski definition) is 0. The molecule has 0 atom stereocenters. The summed E-state index contributed by atoms with van der Waals surface area (Å²) >= 11 is 0. The van der Waals surface area contributed by atoms with E-state index in [9.17, 15) is 0 Å². The maximum absolute atomic E-state index is 6.69. The Morgan fingerprint density at radius 3 is 1.45 bits per heavy atom. The summed E-state index contributed by atoms with van der Waals surface area (Å²) in [6.45, 7) is 0. The van der Waals surface area contributed by atoms with Gasteiger partial charge in [0, 0.05) is 16.8 Å². The van der Waals surface area contributed by atoms with Crippen molar-refractivity contribution >= 4 is 49.8 Å². The first-order valence-corrected chi connectivity index (χ1v) is 22.6. The van der Waals surface area contributed by atoms with Gasteiger partial charge in [-0.05, 0) is 132 Å². The zero-order valence-corrected chi connectivity index (χ0v) is 36.2. The highest BCUT2D eigenvalue weighted by atomic mass is 16.3. The highest BCUT2D eigenvalue weighted by Crippen LogP contribution is 2.45. The summed E-state index contributed by atoms with van der Waals surface area (Å²) in [6.07, 6.45) is 0. The number of nitrogens with zero attached hydrogens (tertiary/aromatic N) is 1. The Bertz CT molecular complexity index is 3670. The second-order valence-electron chi connectivity index (χ2n) is 16.9. The monoisotopic (exact) mass is 841 g/mol. The quantitative estimate of drug-likeness (QED) is 0.144. The zero-order chi connectivity index (χ0) is 43.8. The Morgan fingerprint density at radius 1 is 0.258 bits per heavy atom. The van der Waals surface area contributed by atoms with E-state index in [0.717, 1.165) is 61.3 Å². The lowest BCUT2D eigenvalue weighted by Crippen LogP contribution is -2.10. The molecular weight excluding hydrogens is 799 g/mol. The molecule has 0 unspecified atom stereocenters. The molecule has 0 aliphatic heterocycles. The summed E-state index contributed by atoms with van der Waals surface area (Å²) in [5.74, 6) is 0. The minimum absolute atomic E-state index is 0.849. The fraction of sp³-hybridized carbons (Fsp3) is 0. The first-order valence-electron chi connectivity index (χ1n) is 22.6. The highest BCUT2D eigenvalue weighted by Gasteiger charge is 2.21. The molecule has 0 aliphatic carbocycles. The van der Waals surface area contributed by atoms with Crippen molar-refractivity contribution in [3.63, 3.8) is 0 Å². The first kappa shape index (κ1) is 38.9. The minimum atomic E-state index is 0.849. The van der Waals surface area contributed by atoms with Gasteiger partial charge in [-0.3, -0.25) is 0 Å². The molecule has 1 aromatic heterocycles. The van der Waals surface area contributed by atoms with E-state index in [0.29, 0.717) is 0 Å². The highest BCUT2D eigenvalue weighted by molar-refractivity contribution is 6.14. The SMILES string of the molecule is c1ccc(-c2ccc3c(c2)oc2cccc(N(c4ccc(-c5ccc(-c6ccccc6-c6ccccc6)cc5)cc4)c4cccc(-c5cccc6ccc(-c7ccccc7)cc56)c4)c23)cc1. The normalized spacial score (nSPS) is 11.3. The third-order valence-corrected chi connectivity index (χ3v) is 12.9. The van der Waals surface area contributed by atoms with E-state index in [2.05, 4.69) is 266 Å². The number of fused-ring (bicyclic) bond motifs is 4. The Labute approximate surface area is 384 Å². The van der Waals surface area contributed by atoms with E-state index in [1.54, 1.807) is 0 Å². The lowest BCUT2D eigenvalue weighted by atomic mass is 9.93. The molecule has 0 saturated heterocycles. The average molecular weight is 842 g/mol. The van der Waals surface area contributed by atoms with Gasteiger partial charge in [-0.2, -0.15) is 0 Å². The van der Waals surface area contributed by atoms with E-state index in [1.165, 1.54) is 55.3 Å². The predicted octanol–water partition coefficient (Wildman–Crippen LogP) is 18.2. The van der Waals surface area contributed by atoms with E-state index in [-0.39, 0.29) is 0 Å². The van der Waals surface area contributed by atoms with Gasteiger partial charge >= 0.3 is 0 Å². The van der Waals surface area contributed by atoms with Crippen LogP contribution in [0.2, 0.25) is 0 Å².